The number of carbonyl (C=O) groups is 3. The number of phenolic OH excluding ortho intramolecular Hbond substituents is 2. The molecule has 46 heavy (non-hydrogen) atoms. The van der Waals surface area contributed by atoms with Gasteiger partial charge in [-0.15, -0.1) is 0 Å². The molecule has 4 N–H and O–H groups in total. The van der Waals surface area contributed by atoms with Crippen molar-refractivity contribution < 1.29 is 29.3 Å². The smallest absolute Gasteiger partial charge is 0.408 e. The molecule has 0 saturated heterocycles. The summed E-state index contributed by atoms with van der Waals surface area (Å²) in [4.78, 5) is 43.5. The molecule has 9 heteroatoms. The molecule has 0 aliphatic carbocycles. The van der Waals surface area contributed by atoms with Gasteiger partial charge in [-0.25, -0.2) is 4.79 Å². The number of alkyl carbamates (subject to hydrolysis) is 1. The second kappa shape index (κ2) is 16.7. The Morgan fingerprint density at radius 1 is 0.848 bits per heavy atom. The standard InChI is InChI=1S/C37H49N3O6/c1-7-8-9-10-13-23-40(35(44)31(39-36(45)46-37(4,5)6)24-27-19-21-28(41)22-20-27)32(29-17-14-16-26(3)33(29)42)34(43)38-30-18-12-11-15-25(30)2/h11-12,14-22,31-32,41-42H,7-10,13,23-24H2,1-6H3,(H,38,43)(H,39,45). The van der Waals surface area contributed by atoms with Crippen molar-refractivity contribution in [2.24, 2.45) is 0 Å². The predicted octanol–water partition coefficient (Wildman–Crippen LogP) is 7.33. The predicted molar refractivity (Wildman–Crippen MR) is 181 cm³/mol. The molecule has 2 unspecified atom stereocenters. The molecule has 0 radical (unpaired) electrons. The summed E-state index contributed by atoms with van der Waals surface area (Å²) in [5.41, 5.74) is 2.17. The zero-order chi connectivity index (χ0) is 33.9. The van der Waals surface area contributed by atoms with Crippen LogP contribution in [0.4, 0.5) is 10.5 Å². The Hall–Kier alpha value is -4.53. The van der Waals surface area contributed by atoms with Crippen molar-refractivity contribution >= 4 is 23.6 Å². The quantitative estimate of drug-likeness (QED) is 0.138. The van der Waals surface area contributed by atoms with E-state index in [0.29, 0.717) is 23.2 Å². The van der Waals surface area contributed by atoms with Crippen LogP contribution in [0.2, 0.25) is 0 Å². The molecule has 0 saturated carbocycles. The first-order valence-electron chi connectivity index (χ1n) is 16.0. The van der Waals surface area contributed by atoms with Gasteiger partial charge in [0.2, 0.25) is 5.91 Å². The summed E-state index contributed by atoms with van der Waals surface area (Å²) in [7, 11) is 0. The normalized spacial score (nSPS) is 12.6. The number of hydrogen-bond donors (Lipinski definition) is 4. The molecule has 0 aromatic heterocycles. The number of hydrogen-bond acceptors (Lipinski definition) is 6. The van der Waals surface area contributed by atoms with E-state index < -0.39 is 35.6 Å². The van der Waals surface area contributed by atoms with E-state index in [1.54, 1.807) is 64.1 Å². The number of ether oxygens (including phenoxy) is 1. The molecule has 3 aromatic rings. The van der Waals surface area contributed by atoms with E-state index in [1.165, 1.54) is 17.0 Å². The minimum Gasteiger partial charge on any atom is -0.508 e. The highest BCUT2D eigenvalue weighted by molar-refractivity contribution is 6.00. The van der Waals surface area contributed by atoms with Crippen LogP contribution in [0.3, 0.4) is 0 Å². The summed E-state index contributed by atoms with van der Waals surface area (Å²) in [6, 6.07) is 16.5. The SMILES string of the molecule is CCCCCCCN(C(=O)C(Cc1ccc(O)cc1)NC(=O)OC(C)(C)C)C(C(=O)Nc1ccccc1C)c1cccc(C)c1O. The van der Waals surface area contributed by atoms with Gasteiger partial charge in [-0.05, 0) is 75.9 Å². The molecule has 0 spiro atoms. The zero-order valence-electron chi connectivity index (χ0n) is 27.9. The van der Waals surface area contributed by atoms with E-state index in [0.717, 1.165) is 31.2 Å². The van der Waals surface area contributed by atoms with Gasteiger partial charge in [-0.3, -0.25) is 9.59 Å². The summed E-state index contributed by atoms with van der Waals surface area (Å²) in [5, 5.41) is 26.8. The second-order valence-corrected chi connectivity index (χ2v) is 12.7. The van der Waals surface area contributed by atoms with E-state index >= 15 is 0 Å². The van der Waals surface area contributed by atoms with Gasteiger partial charge in [0.1, 0.15) is 29.2 Å². The van der Waals surface area contributed by atoms with Crippen molar-refractivity contribution in [1.82, 2.24) is 10.2 Å². The molecule has 3 aromatic carbocycles. The summed E-state index contributed by atoms with van der Waals surface area (Å²) in [5.74, 6) is -0.993. The third kappa shape index (κ3) is 10.5. The lowest BCUT2D eigenvalue weighted by Crippen LogP contribution is -2.53. The average Bonchev–Trinajstić information content (AvgIpc) is 2.99. The number of benzene rings is 3. The van der Waals surface area contributed by atoms with Crippen LogP contribution in [0.1, 0.15) is 88.1 Å². The first kappa shape index (κ1) is 35.9. The Balaban J connectivity index is 2.11. The fraction of sp³-hybridized carbons (Fsp3) is 0.432. The molecule has 3 amide bonds. The van der Waals surface area contributed by atoms with Crippen molar-refractivity contribution in [3.05, 3.63) is 89.0 Å². The molecule has 0 aliphatic rings. The van der Waals surface area contributed by atoms with Crippen LogP contribution in [0.25, 0.3) is 0 Å². The highest BCUT2D eigenvalue weighted by Gasteiger charge is 2.38. The van der Waals surface area contributed by atoms with Crippen LogP contribution in [0.5, 0.6) is 11.5 Å². The van der Waals surface area contributed by atoms with Gasteiger partial charge in [0, 0.05) is 24.2 Å². The van der Waals surface area contributed by atoms with Crippen LogP contribution in [-0.4, -0.2) is 51.2 Å². The third-order valence-corrected chi connectivity index (χ3v) is 7.68. The Bertz CT molecular complexity index is 1460. The fourth-order valence-electron chi connectivity index (χ4n) is 5.24. The van der Waals surface area contributed by atoms with E-state index in [2.05, 4.69) is 17.6 Å². The summed E-state index contributed by atoms with van der Waals surface area (Å²) < 4.78 is 5.52. The van der Waals surface area contributed by atoms with Gasteiger partial charge in [-0.1, -0.05) is 81.1 Å². The van der Waals surface area contributed by atoms with Gasteiger partial charge in [0.25, 0.3) is 5.91 Å². The molecule has 0 bridgehead atoms. The van der Waals surface area contributed by atoms with Gasteiger partial charge < -0.3 is 30.5 Å². The number of unbranched alkanes of at least 4 members (excludes halogenated alkanes) is 4. The molecule has 248 valence electrons. The number of aryl methyl sites for hydroxylation is 2. The van der Waals surface area contributed by atoms with Crippen LogP contribution >= 0.6 is 0 Å². The molecule has 3 rings (SSSR count). The average molecular weight is 632 g/mol. The number of rotatable bonds is 14. The Kier molecular flexibility index (Phi) is 13.0. The van der Waals surface area contributed by atoms with E-state index in [4.69, 9.17) is 4.74 Å². The number of carbonyl (C=O) groups excluding carboxylic acids is 3. The molecule has 0 heterocycles. The fourth-order valence-corrected chi connectivity index (χ4v) is 5.24. The van der Waals surface area contributed by atoms with E-state index in [9.17, 15) is 24.6 Å². The lowest BCUT2D eigenvalue weighted by atomic mass is 9.97. The van der Waals surface area contributed by atoms with Gasteiger partial charge in [-0.2, -0.15) is 0 Å². The Labute approximate surface area is 273 Å². The maximum absolute atomic E-state index is 14.7. The monoisotopic (exact) mass is 631 g/mol. The summed E-state index contributed by atoms with van der Waals surface area (Å²) >= 11 is 0. The Morgan fingerprint density at radius 2 is 1.50 bits per heavy atom. The molecule has 0 aliphatic heterocycles. The van der Waals surface area contributed by atoms with Gasteiger partial charge in [0.05, 0.1) is 0 Å². The van der Waals surface area contributed by atoms with Crippen LogP contribution in [0.15, 0.2) is 66.7 Å². The maximum Gasteiger partial charge on any atom is 0.408 e. The van der Waals surface area contributed by atoms with Crippen molar-refractivity contribution in [3.63, 3.8) is 0 Å². The van der Waals surface area contributed by atoms with Crippen molar-refractivity contribution in [3.8, 4) is 11.5 Å². The minimum absolute atomic E-state index is 0.0725. The number of amides is 3. The van der Waals surface area contributed by atoms with E-state index in [-0.39, 0.29) is 30.0 Å². The number of para-hydroxylation sites is 2. The van der Waals surface area contributed by atoms with Crippen LogP contribution in [0, 0.1) is 13.8 Å². The zero-order valence-corrected chi connectivity index (χ0v) is 27.9. The number of phenols is 2. The number of nitrogens with one attached hydrogen (secondary N) is 2. The first-order chi connectivity index (χ1) is 21.8. The molecule has 0 fully saturated rings. The minimum atomic E-state index is -1.21. The molecular weight excluding hydrogens is 582 g/mol. The van der Waals surface area contributed by atoms with Crippen molar-refractivity contribution in [2.75, 3.05) is 11.9 Å². The topological polar surface area (TPSA) is 128 Å². The lowest BCUT2D eigenvalue weighted by Gasteiger charge is -2.35. The molecule has 9 nitrogen and oxygen atoms in total. The summed E-state index contributed by atoms with van der Waals surface area (Å²) in [6.07, 6.45) is 3.84. The third-order valence-electron chi connectivity index (χ3n) is 7.68. The summed E-state index contributed by atoms with van der Waals surface area (Å²) in [6.45, 7) is 11.2. The second-order valence-electron chi connectivity index (χ2n) is 12.7. The highest BCUT2D eigenvalue weighted by atomic mass is 16.6. The van der Waals surface area contributed by atoms with Crippen LogP contribution in [-0.2, 0) is 20.7 Å². The van der Waals surface area contributed by atoms with Crippen LogP contribution < -0.4 is 10.6 Å². The number of anilines is 1. The van der Waals surface area contributed by atoms with Crippen molar-refractivity contribution in [1.29, 1.82) is 0 Å². The highest BCUT2D eigenvalue weighted by Crippen LogP contribution is 2.34. The van der Waals surface area contributed by atoms with Crippen molar-refractivity contribution in [2.45, 2.75) is 97.8 Å². The Morgan fingerprint density at radius 3 is 2.15 bits per heavy atom. The maximum atomic E-state index is 14.7. The first-order valence-corrected chi connectivity index (χ1v) is 16.0. The van der Waals surface area contributed by atoms with E-state index in [1.807, 2.05) is 25.1 Å². The lowest BCUT2D eigenvalue weighted by molar-refractivity contribution is -0.141. The number of nitrogens with zero attached hydrogens (tertiary/aromatic N) is 1. The molecular formula is C37H49N3O6. The molecule has 2 atom stereocenters. The largest absolute Gasteiger partial charge is 0.508 e. The van der Waals surface area contributed by atoms with Gasteiger partial charge in [0.15, 0.2) is 0 Å². The van der Waals surface area contributed by atoms with Gasteiger partial charge >= 0.3 is 6.09 Å². The number of aromatic hydroxyl groups is 2.